The van der Waals surface area contributed by atoms with E-state index in [0.717, 1.165) is 5.56 Å². The van der Waals surface area contributed by atoms with Gasteiger partial charge in [0.1, 0.15) is 5.78 Å². The van der Waals surface area contributed by atoms with Gasteiger partial charge in [-0.3, -0.25) is 4.79 Å². The lowest BCUT2D eigenvalue weighted by Gasteiger charge is -2.22. The van der Waals surface area contributed by atoms with Crippen molar-refractivity contribution in [3.63, 3.8) is 0 Å². The molecule has 0 bridgehead atoms. The van der Waals surface area contributed by atoms with Gasteiger partial charge in [-0.2, -0.15) is 0 Å². The van der Waals surface area contributed by atoms with Crippen LogP contribution in [-0.4, -0.2) is 5.78 Å². The van der Waals surface area contributed by atoms with Gasteiger partial charge in [-0.05, 0) is 19.4 Å². The van der Waals surface area contributed by atoms with E-state index in [-0.39, 0.29) is 5.78 Å². The van der Waals surface area contributed by atoms with Gasteiger partial charge in [0.2, 0.25) is 0 Å². The van der Waals surface area contributed by atoms with Crippen molar-refractivity contribution < 1.29 is 4.79 Å². The second-order valence-corrected chi connectivity index (χ2v) is 3.91. The number of hydrogen-bond donors (Lipinski definition) is 0. The molecule has 0 atom stereocenters. The molecule has 74 valence electrons. The van der Waals surface area contributed by atoms with Crippen molar-refractivity contribution in [3.8, 4) is 0 Å². The molecule has 0 heterocycles. The van der Waals surface area contributed by atoms with Crippen molar-refractivity contribution in [1.82, 2.24) is 0 Å². The molecule has 0 amide bonds. The number of ketones is 1. The molecule has 1 aromatic carbocycles. The maximum atomic E-state index is 11.8. The Labute approximate surface area is 85.5 Å². The molecule has 14 heavy (non-hydrogen) atoms. The Morgan fingerprint density at radius 1 is 1.36 bits per heavy atom. The topological polar surface area (TPSA) is 17.1 Å². The zero-order valence-electron chi connectivity index (χ0n) is 8.79. The Kier molecular flexibility index (Phi) is 3.23. The van der Waals surface area contributed by atoms with Crippen LogP contribution in [-0.2, 0) is 10.2 Å². The number of hydrogen-bond acceptors (Lipinski definition) is 1. The monoisotopic (exact) mass is 188 g/mol. The number of allylic oxidation sites excluding steroid dienone is 1. The fraction of sp³-hybridized carbons (Fsp3) is 0.308. The minimum absolute atomic E-state index is 0.207. The van der Waals surface area contributed by atoms with Crippen LogP contribution in [0.1, 0.15) is 25.8 Å². The summed E-state index contributed by atoms with van der Waals surface area (Å²) < 4.78 is 0. The second kappa shape index (κ2) is 4.23. The summed E-state index contributed by atoms with van der Waals surface area (Å²) in [7, 11) is 0. The molecule has 0 spiro atoms. The van der Waals surface area contributed by atoms with E-state index in [4.69, 9.17) is 0 Å². The van der Waals surface area contributed by atoms with Crippen molar-refractivity contribution in [2.45, 2.75) is 25.7 Å². The number of carbonyl (C=O) groups excluding carboxylic acids is 1. The molecule has 1 aromatic rings. The zero-order chi connectivity index (χ0) is 10.6. The maximum Gasteiger partial charge on any atom is 0.146 e. The molecule has 0 aliphatic carbocycles. The summed E-state index contributed by atoms with van der Waals surface area (Å²) in [5, 5.41) is 0. The first-order valence-corrected chi connectivity index (χ1v) is 4.78. The van der Waals surface area contributed by atoms with Crippen molar-refractivity contribution in [2.75, 3.05) is 0 Å². The van der Waals surface area contributed by atoms with Crippen LogP contribution in [0.25, 0.3) is 0 Å². The number of rotatable bonds is 4. The number of benzene rings is 1. The average molecular weight is 188 g/mol. The van der Waals surface area contributed by atoms with Gasteiger partial charge in [0.15, 0.2) is 0 Å². The Balaban J connectivity index is 2.95. The largest absolute Gasteiger partial charge is 0.298 e. The Morgan fingerprint density at radius 3 is 2.43 bits per heavy atom. The molecule has 1 nitrogen and oxygen atoms in total. The van der Waals surface area contributed by atoms with Crippen LogP contribution in [0.3, 0.4) is 0 Å². The van der Waals surface area contributed by atoms with Crippen molar-refractivity contribution in [3.05, 3.63) is 48.6 Å². The van der Waals surface area contributed by atoms with Gasteiger partial charge >= 0.3 is 0 Å². The summed E-state index contributed by atoms with van der Waals surface area (Å²) in [6, 6.07) is 9.84. The van der Waals surface area contributed by atoms with Crippen molar-refractivity contribution in [1.29, 1.82) is 0 Å². The Morgan fingerprint density at radius 2 is 1.93 bits per heavy atom. The highest BCUT2D eigenvalue weighted by Gasteiger charge is 2.27. The third kappa shape index (κ3) is 2.11. The summed E-state index contributed by atoms with van der Waals surface area (Å²) in [5.74, 6) is 0.207. The molecular formula is C13H16O. The van der Waals surface area contributed by atoms with Crippen molar-refractivity contribution in [2.24, 2.45) is 0 Å². The van der Waals surface area contributed by atoms with Crippen LogP contribution in [0.4, 0.5) is 0 Å². The molecule has 0 aromatic heterocycles. The average Bonchev–Trinajstić information content (AvgIpc) is 2.19. The zero-order valence-corrected chi connectivity index (χ0v) is 8.79. The van der Waals surface area contributed by atoms with Crippen molar-refractivity contribution >= 4 is 5.78 Å². The minimum atomic E-state index is -0.407. The second-order valence-electron chi connectivity index (χ2n) is 3.91. The summed E-state index contributed by atoms with van der Waals surface area (Å²) in [6.45, 7) is 7.49. The molecule has 1 rings (SSSR count). The lowest BCUT2D eigenvalue weighted by atomic mass is 9.79. The first-order chi connectivity index (χ1) is 6.59. The molecule has 0 unspecified atom stereocenters. The van der Waals surface area contributed by atoms with Crippen LogP contribution in [0, 0.1) is 0 Å². The van der Waals surface area contributed by atoms with E-state index in [1.54, 1.807) is 6.08 Å². The lowest BCUT2D eigenvalue weighted by Crippen LogP contribution is -2.28. The van der Waals surface area contributed by atoms with Crippen LogP contribution < -0.4 is 0 Å². The number of Topliss-reactive ketones (excluding diaryl/α,β-unsaturated/α-hetero) is 1. The van der Waals surface area contributed by atoms with Crippen LogP contribution in [0.5, 0.6) is 0 Å². The van der Waals surface area contributed by atoms with Gasteiger partial charge in [-0.1, -0.05) is 36.4 Å². The minimum Gasteiger partial charge on any atom is -0.298 e. The normalized spacial score (nSPS) is 11.0. The lowest BCUT2D eigenvalue weighted by molar-refractivity contribution is -0.122. The first-order valence-electron chi connectivity index (χ1n) is 4.78. The molecule has 0 N–H and O–H groups in total. The SMILES string of the molecule is C=CCC(=O)C(C)(C)c1ccccc1. The fourth-order valence-corrected chi connectivity index (χ4v) is 1.40. The van der Waals surface area contributed by atoms with Gasteiger partial charge in [-0.15, -0.1) is 6.58 Å². The summed E-state index contributed by atoms with van der Waals surface area (Å²) in [6.07, 6.45) is 2.09. The Hall–Kier alpha value is -1.37. The van der Waals surface area contributed by atoms with E-state index in [1.165, 1.54) is 0 Å². The third-order valence-corrected chi connectivity index (χ3v) is 2.52. The molecule has 0 saturated heterocycles. The predicted octanol–water partition coefficient (Wildman–Crippen LogP) is 3.11. The van der Waals surface area contributed by atoms with Gasteiger partial charge in [0.25, 0.3) is 0 Å². The van der Waals surface area contributed by atoms with E-state index in [1.807, 2.05) is 44.2 Å². The highest BCUT2D eigenvalue weighted by Crippen LogP contribution is 2.25. The summed E-state index contributed by atoms with van der Waals surface area (Å²) in [5.41, 5.74) is 0.655. The molecule has 1 heteroatoms. The van der Waals surface area contributed by atoms with Gasteiger partial charge in [0, 0.05) is 11.8 Å². The third-order valence-electron chi connectivity index (χ3n) is 2.52. The Bertz CT molecular complexity index is 322. The van der Waals surface area contributed by atoms with E-state index in [0.29, 0.717) is 6.42 Å². The quantitative estimate of drug-likeness (QED) is 0.663. The van der Waals surface area contributed by atoms with Crippen LogP contribution in [0.15, 0.2) is 43.0 Å². The first kappa shape index (κ1) is 10.7. The van der Waals surface area contributed by atoms with E-state index in [9.17, 15) is 4.79 Å². The van der Waals surface area contributed by atoms with E-state index in [2.05, 4.69) is 6.58 Å². The van der Waals surface area contributed by atoms with Gasteiger partial charge < -0.3 is 0 Å². The predicted molar refractivity (Wildman–Crippen MR) is 59.3 cm³/mol. The van der Waals surface area contributed by atoms with Gasteiger partial charge in [-0.25, -0.2) is 0 Å². The number of carbonyl (C=O) groups is 1. The van der Waals surface area contributed by atoms with Crippen LogP contribution >= 0.6 is 0 Å². The molecular weight excluding hydrogens is 172 g/mol. The summed E-state index contributed by atoms with van der Waals surface area (Å²) in [4.78, 5) is 11.8. The summed E-state index contributed by atoms with van der Waals surface area (Å²) >= 11 is 0. The van der Waals surface area contributed by atoms with E-state index >= 15 is 0 Å². The smallest absolute Gasteiger partial charge is 0.146 e. The standard InChI is InChI=1S/C13H16O/c1-4-8-12(14)13(2,3)11-9-6-5-7-10-11/h4-7,9-10H,1,8H2,2-3H3. The maximum absolute atomic E-state index is 11.8. The van der Waals surface area contributed by atoms with Gasteiger partial charge in [0.05, 0.1) is 0 Å². The van der Waals surface area contributed by atoms with E-state index < -0.39 is 5.41 Å². The molecule has 0 fully saturated rings. The molecule has 0 radical (unpaired) electrons. The molecule has 0 saturated carbocycles. The highest BCUT2D eigenvalue weighted by atomic mass is 16.1. The highest BCUT2D eigenvalue weighted by molar-refractivity contribution is 5.90. The molecule has 0 aliphatic rings. The van der Waals surface area contributed by atoms with Crippen LogP contribution in [0.2, 0.25) is 0 Å². The molecule has 0 aliphatic heterocycles. The fourth-order valence-electron chi connectivity index (χ4n) is 1.40.